The Labute approximate surface area is 185 Å². The Morgan fingerprint density at radius 2 is 1.61 bits per heavy atom. The van der Waals surface area contributed by atoms with Crippen molar-refractivity contribution in [2.75, 3.05) is 6.54 Å². The van der Waals surface area contributed by atoms with Crippen molar-refractivity contribution in [3.05, 3.63) is 111 Å². The molecule has 6 heteroatoms. The molecule has 4 aromatic rings. The summed E-state index contributed by atoms with van der Waals surface area (Å²) in [5.74, 6) is -0.0818. The predicted octanol–water partition coefficient (Wildman–Crippen LogP) is 4.48. The van der Waals surface area contributed by atoms with Gasteiger partial charge in [-0.15, -0.1) is 0 Å². The highest BCUT2D eigenvalue weighted by Crippen LogP contribution is 2.16. The van der Waals surface area contributed by atoms with Crippen molar-refractivity contribution in [2.45, 2.75) is 13.0 Å². The number of hydrogen-bond donors (Lipinski definition) is 1. The quantitative estimate of drug-likeness (QED) is 0.460. The van der Waals surface area contributed by atoms with Gasteiger partial charge in [0, 0.05) is 25.7 Å². The van der Waals surface area contributed by atoms with Gasteiger partial charge in [0.05, 0.1) is 10.9 Å². The zero-order valence-corrected chi connectivity index (χ0v) is 18.1. The van der Waals surface area contributed by atoms with Gasteiger partial charge in [-0.3, -0.25) is 14.2 Å². The smallest absolute Gasteiger partial charge is 0.261 e. The van der Waals surface area contributed by atoms with Crippen molar-refractivity contribution >= 4 is 29.0 Å². The summed E-state index contributed by atoms with van der Waals surface area (Å²) < 4.78 is 1.72. The normalized spacial score (nSPS) is 10.9. The molecule has 1 N–H and O–H groups in total. The molecule has 0 saturated heterocycles. The van der Waals surface area contributed by atoms with Gasteiger partial charge in [-0.1, -0.05) is 60.7 Å². The predicted molar refractivity (Wildman–Crippen MR) is 126 cm³/mol. The first kappa shape index (κ1) is 20.8. The molecule has 1 aromatic heterocycles. The molecule has 0 aliphatic heterocycles. The minimum Gasteiger partial charge on any atom is -0.334 e. The number of H-pyrrole nitrogens is 1. The number of fused-ring (bicyclic) bond motifs is 1. The zero-order valence-electron chi connectivity index (χ0n) is 17.2. The van der Waals surface area contributed by atoms with Crippen LogP contribution in [0.2, 0.25) is 0 Å². The standard InChI is InChI=1S/C25H23N3O2S/c1-27-24(30)21-13-12-20(16-22(21)26-25(27)31)23(29)28(17-19-10-6-3-7-11-19)15-14-18-8-4-2-5-9-18/h2-13,16H,14-15,17H2,1H3,(H,26,31). The molecule has 4 rings (SSSR count). The fourth-order valence-corrected chi connectivity index (χ4v) is 3.78. The van der Waals surface area contributed by atoms with Gasteiger partial charge in [-0.25, -0.2) is 0 Å². The van der Waals surface area contributed by atoms with Crippen LogP contribution in [0.15, 0.2) is 83.7 Å². The summed E-state index contributed by atoms with van der Waals surface area (Å²) in [6.07, 6.45) is 0.760. The van der Waals surface area contributed by atoms with E-state index in [9.17, 15) is 9.59 Å². The molecule has 0 atom stereocenters. The van der Waals surface area contributed by atoms with Crippen molar-refractivity contribution < 1.29 is 4.79 Å². The summed E-state index contributed by atoms with van der Waals surface area (Å²) in [6.45, 7) is 1.10. The molecule has 156 valence electrons. The van der Waals surface area contributed by atoms with Crippen molar-refractivity contribution in [1.29, 1.82) is 0 Å². The molecule has 0 radical (unpaired) electrons. The zero-order chi connectivity index (χ0) is 21.8. The van der Waals surface area contributed by atoms with E-state index in [1.165, 1.54) is 10.1 Å². The molecular formula is C25H23N3O2S. The number of aromatic nitrogens is 2. The molecular weight excluding hydrogens is 406 g/mol. The molecule has 5 nitrogen and oxygen atoms in total. The van der Waals surface area contributed by atoms with Gasteiger partial charge < -0.3 is 9.88 Å². The van der Waals surface area contributed by atoms with E-state index in [0.29, 0.717) is 34.3 Å². The maximum Gasteiger partial charge on any atom is 0.261 e. The maximum atomic E-state index is 13.5. The van der Waals surface area contributed by atoms with E-state index in [-0.39, 0.29) is 11.5 Å². The number of carbonyl (C=O) groups is 1. The minimum absolute atomic E-state index is 0.0818. The van der Waals surface area contributed by atoms with E-state index < -0.39 is 0 Å². The summed E-state index contributed by atoms with van der Waals surface area (Å²) in [4.78, 5) is 30.8. The molecule has 1 heterocycles. The Bertz CT molecular complexity index is 1330. The summed E-state index contributed by atoms with van der Waals surface area (Å²) in [5.41, 5.74) is 3.16. The van der Waals surface area contributed by atoms with Gasteiger partial charge in [0.15, 0.2) is 4.77 Å². The molecule has 1 amide bonds. The summed E-state index contributed by atoms with van der Waals surface area (Å²) in [5, 5.41) is 0.506. The molecule has 0 saturated carbocycles. The van der Waals surface area contributed by atoms with Gasteiger partial charge >= 0.3 is 0 Å². The van der Waals surface area contributed by atoms with Crippen molar-refractivity contribution in [3.63, 3.8) is 0 Å². The number of amides is 1. The van der Waals surface area contributed by atoms with Crippen LogP contribution in [0, 0.1) is 4.77 Å². The van der Waals surface area contributed by atoms with Crippen molar-refractivity contribution in [3.8, 4) is 0 Å². The lowest BCUT2D eigenvalue weighted by Gasteiger charge is -2.23. The van der Waals surface area contributed by atoms with E-state index in [1.807, 2.05) is 53.4 Å². The molecule has 0 unspecified atom stereocenters. The summed E-state index contributed by atoms with van der Waals surface area (Å²) >= 11 is 5.22. The highest BCUT2D eigenvalue weighted by Gasteiger charge is 2.17. The molecule has 0 aliphatic rings. The molecule has 0 fully saturated rings. The van der Waals surface area contributed by atoms with Crippen LogP contribution in [0.3, 0.4) is 0 Å². The highest BCUT2D eigenvalue weighted by molar-refractivity contribution is 7.71. The molecule has 0 bridgehead atoms. The summed E-state index contributed by atoms with van der Waals surface area (Å²) in [7, 11) is 1.63. The number of nitrogens with one attached hydrogen (secondary N) is 1. The Balaban J connectivity index is 1.66. The Morgan fingerprint density at radius 3 is 2.29 bits per heavy atom. The third-order valence-electron chi connectivity index (χ3n) is 5.36. The number of hydrogen-bond acceptors (Lipinski definition) is 3. The lowest BCUT2D eigenvalue weighted by atomic mass is 10.1. The number of benzene rings is 3. The fraction of sp³-hybridized carbons (Fsp3) is 0.160. The largest absolute Gasteiger partial charge is 0.334 e. The second kappa shape index (κ2) is 9.10. The van der Waals surface area contributed by atoms with Crippen LogP contribution in [-0.4, -0.2) is 26.9 Å². The van der Waals surface area contributed by atoms with E-state index in [2.05, 4.69) is 17.1 Å². The first-order valence-corrected chi connectivity index (χ1v) is 10.5. The van der Waals surface area contributed by atoms with Crippen LogP contribution < -0.4 is 5.56 Å². The Kier molecular flexibility index (Phi) is 6.09. The van der Waals surface area contributed by atoms with Gasteiger partial charge in [-0.05, 0) is 48.0 Å². The monoisotopic (exact) mass is 429 g/mol. The molecule has 0 spiro atoms. The van der Waals surface area contributed by atoms with Gasteiger partial charge in [0.1, 0.15) is 0 Å². The van der Waals surface area contributed by atoms with E-state index in [0.717, 1.165) is 12.0 Å². The minimum atomic E-state index is -0.178. The lowest BCUT2D eigenvalue weighted by molar-refractivity contribution is 0.0745. The topological polar surface area (TPSA) is 58.1 Å². The lowest BCUT2D eigenvalue weighted by Crippen LogP contribution is -2.32. The number of aromatic amines is 1. The number of rotatable bonds is 6. The number of carbonyl (C=O) groups excluding carboxylic acids is 1. The van der Waals surface area contributed by atoms with E-state index >= 15 is 0 Å². The Morgan fingerprint density at radius 1 is 0.968 bits per heavy atom. The van der Waals surface area contributed by atoms with Crippen LogP contribution in [0.5, 0.6) is 0 Å². The van der Waals surface area contributed by atoms with E-state index in [4.69, 9.17) is 12.2 Å². The van der Waals surface area contributed by atoms with Gasteiger partial charge in [-0.2, -0.15) is 0 Å². The average Bonchev–Trinajstić information content (AvgIpc) is 2.81. The SMILES string of the molecule is Cn1c(=S)[nH]c2cc(C(=O)N(CCc3ccccc3)Cc3ccccc3)ccc2c1=O. The van der Waals surface area contributed by atoms with Crippen molar-refractivity contribution in [2.24, 2.45) is 7.05 Å². The fourth-order valence-electron chi connectivity index (χ4n) is 3.59. The highest BCUT2D eigenvalue weighted by atomic mass is 32.1. The maximum absolute atomic E-state index is 13.5. The second-order valence-electron chi connectivity index (χ2n) is 7.50. The van der Waals surface area contributed by atoms with Gasteiger partial charge in [0.2, 0.25) is 0 Å². The van der Waals surface area contributed by atoms with Crippen molar-refractivity contribution in [1.82, 2.24) is 14.5 Å². The summed E-state index contributed by atoms with van der Waals surface area (Å²) in [6, 6.07) is 25.2. The molecule has 0 aliphatic carbocycles. The third-order valence-corrected chi connectivity index (χ3v) is 5.74. The molecule has 3 aromatic carbocycles. The third kappa shape index (κ3) is 4.64. The average molecular weight is 430 g/mol. The first-order valence-electron chi connectivity index (χ1n) is 10.1. The van der Waals surface area contributed by atoms with Crippen LogP contribution in [0.25, 0.3) is 10.9 Å². The van der Waals surface area contributed by atoms with E-state index in [1.54, 1.807) is 25.2 Å². The van der Waals surface area contributed by atoms with Crippen LogP contribution in [0.4, 0.5) is 0 Å². The van der Waals surface area contributed by atoms with Gasteiger partial charge in [0.25, 0.3) is 11.5 Å². The second-order valence-corrected chi connectivity index (χ2v) is 7.89. The van der Waals surface area contributed by atoms with Crippen LogP contribution in [-0.2, 0) is 20.0 Å². The Hall–Kier alpha value is -3.51. The van der Waals surface area contributed by atoms with Crippen LogP contribution in [0.1, 0.15) is 21.5 Å². The van der Waals surface area contributed by atoms with Crippen LogP contribution >= 0.6 is 12.2 Å². The molecule has 31 heavy (non-hydrogen) atoms. The first-order chi connectivity index (χ1) is 15.0. The number of nitrogens with zero attached hydrogens (tertiary/aromatic N) is 2.